The molecule has 0 bridgehead atoms. The van der Waals surface area contributed by atoms with Crippen LogP contribution in [-0.2, 0) is 0 Å². The molecule has 0 atom stereocenters. The Morgan fingerprint density at radius 3 is 1.37 bits per heavy atom. The van der Waals surface area contributed by atoms with Crippen LogP contribution in [-0.4, -0.2) is 19.9 Å². The van der Waals surface area contributed by atoms with E-state index in [1.165, 1.54) is 0 Å². The second-order valence-corrected chi connectivity index (χ2v) is 10.5. The van der Waals surface area contributed by atoms with Crippen molar-refractivity contribution >= 4 is 55.0 Å². The topological polar surface area (TPSA) is 51.6 Å². The Kier molecular flexibility index (Phi) is 4.49. The van der Waals surface area contributed by atoms with Gasteiger partial charge in [-0.2, -0.15) is 0 Å². The van der Waals surface area contributed by atoms with Crippen LogP contribution in [0.3, 0.4) is 0 Å². The van der Waals surface area contributed by atoms with Gasteiger partial charge in [0.1, 0.15) is 10.0 Å². The predicted octanol–water partition coefficient (Wildman–Crippen LogP) is 7.33. The molecule has 0 saturated heterocycles. The highest BCUT2D eigenvalue weighted by atomic mass is 32.1. The van der Waals surface area contributed by atoms with E-state index in [4.69, 9.17) is 9.97 Å². The van der Waals surface area contributed by atoms with E-state index in [-0.39, 0.29) is 0 Å². The molecule has 8 heteroatoms. The summed E-state index contributed by atoms with van der Waals surface area (Å²) in [5, 5.41) is 2.03. The summed E-state index contributed by atoms with van der Waals surface area (Å²) >= 11 is 6.73. The molecule has 6 heterocycles. The van der Waals surface area contributed by atoms with Crippen LogP contribution in [0.4, 0.5) is 0 Å². The van der Waals surface area contributed by atoms with Crippen LogP contribution in [0, 0.1) is 0 Å². The minimum Gasteiger partial charge on any atom is -0.255 e. The van der Waals surface area contributed by atoms with Gasteiger partial charge in [-0.1, -0.05) is 34.8 Å². The fraction of sp³-hybridized carbons (Fsp3) is 0. The summed E-state index contributed by atoms with van der Waals surface area (Å²) in [5.74, 6) is 0. The maximum atomic E-state index is 4.86. The van der Waals surface area contributed by atoms with E-state index in [0.717, 1.165) is 50.6 Å². The number of pyridine rings is 2. The first-order valence-corrected chi connectivity index (χ1v) is 12.4. The molecule has 0 aromatic carbocycles. The minimum absolute atomic E-state index is 0.991. The van der Waals surface area contributed by atoms with Gasteiger partial charge in [-0.05, 0) is 48.5 Å². The first-order chi connectivity index (χ1) is 14.8. The number of aromatic nitrogens is 4. The van der Waals surface area contributed by atoms with Crippen molar-refractivity contribution < 1.29 is 0 Å². The SMILES string of the molecule is c1ccc(-c2ccc(-c3nc4sc(-c5ccc(-c6ccccn6)s5)nc4s3)s2)nc1. The second kappa shape index (κ2) is 7.48. The smallest absolute Gasteiger partial charge is 0.155 e. The molecule has 4 nitrogen and oxygen atoms in total. The van der Waals surface area contributed by atoms with Crippen molar-refractivity contribution in [2.75, 3.05) is 0 Å². The zero-order valence-electron chi connectivity index (χ0n) is 15.4. The largest absolute Gasteiger partial charge is 0.255 e. The zero-order valence-corrected chi connectivity index (χ0v) is 18.6. The van der Waals surface area contributed by atoms with Crippen molar-refractivity contribution in [3.05, 3.63) is 73.1 Å². The third kappa shape index (κ3) is 3.27. The van der Waals surface area contributed by atoms with Gasteiger partial charge in [0.25, 0.3) is 0 Å². The first kappa shape index (κ1) is 18.0. The average molecular weight is 461 g/mol. The lowest BCUT2D eigenvalue weighted by Crippen LogP contribution is -1.75. The lowest BCUT2D eigenvalue weighted by molar-refractivity contribution is 1.34. The van der Waals surface area contributed by atoms with E-state index >= 15 is 0 Å². The summed E-state index contributed by atoms with van der Waals surface area (Å²) in [6, 6.07) is 20.4. The lowest BCUT2D eigenvalue weighted by Gasteiger charge is -1.94. The third-order valence-electron chi connectivity index (χ3n) is 4.44. The standard InChI is InChI=1S/C22H12N4S4/c1-3-11-23-13(5-1)15-7-9-17(27-15)19-25-21-22(29-19)26-20(30-21)18-10-8-16(28-18)14-6-2-4-12-24-14/h1-12H. The molecule has 0 spiro atoms. The highest BCUT2D eigenvalue weighted by Gasteiger charge is 2.16. The summed E-state index contributed by atoms with van der Waals surface area (Å²) in [6.07, 6.45) is 3.65. The number of thiophene rings is 2. The van der Waals surface area contributed by atoms with Crippen LogP contribution in [0.5, 0.6) is 0 Å². The molecule has 0 unspecified atom stereocenters. The van der Waals surface area contributed by atoms with Crippen molar-refractivity contribution in [3.8, 4) is 40.9 Å². The molecule has 0 aliphatic carbocycles. The summed E-state index contributed by atoms with van der Waals surface area (Å²) in [5.41, 5.74) is 1.99. The van der Waals surface area contributed by atoms with Crippen LogP contribution >= 0.6 is 45.3 Å². The number of rotatable bonds is 4. The fourth-order valence-corrected chi connectivity index (χ4v) is 7.17. The highest BCUT2D eigenvalue weighted by molar-refractivity contribution is 7.32. The zero-order chi connectivity index (χ0) is 19.9. The Morgan fingerprint density at radius 2 is 0.933 bits per heavy atom. The van der Waals surface area contributed by atoms with Crippen molar-refractivity contribution in [3.63, 3.8) is 0 Å². The number of hydrogen-bond donors (Lipinski definition) is 0. The Labute approximate surface area is 188 Å². The van der Waals surface area contributed by atoms with E-state index in [2.05, 4.69) is 34.2 Å². The number of thiazole rings is 2. The first-order valence-electron chi connectivity index (χ1n) is 9.14. The molecule has 0 saturated carbocycles. The van der Waals surface area contributed by atoms with Crippen LogP contribution in [0.25, 0.3) is 50.6 Å². The normalized spacial score (nSPS) is 11.3. The quantitative estimate of drug-likeness (QED) is 0.276. The molecule has 0 fully saturated rings. The summed E-state index contributed by atoms with van der Waals surface area (Å²) < 4.78 is 0. The maximum absolute atomic E-state index is 4.86. The van der Waals surface area contributed by atoms with Gasteiger partial charge in [-0.15, -0.1) is 22.7 Å². The van der Waals surface area contributed by atoms with E-state index in [1.807, 2.05) is 48.8 Å². The number of hydrogen-bond acceptors (Lipinski definition) is 8. The molecular formula is C22H12N4S4. The van der Waals surface area contributed by atoms with Crippen LogP contribution in [0.2, 0.25) is 0 Å². The van der Waals surface area contributed by atoms with Gasteiger partial charge in [0.05, 0.1) is 30.9 Å². The number of nitrogens with zero attached hydrogens (tertiary/aromatic N) is 4. The minimum atomic E-state index is 0.991. The molecule has 0 amide bonds. The van der Waals surface area contributed by atoms with E-state index in [1.54, 1.807) is 45.3 Å². The lowest BCUT2D eigenvalue weighted by atomic mass is 10.3. The Bertz CT molecular complexity index is 1310. The molecule has 0 aliphatic heterocycles. The van der Waals surface area contributed by atoms with Gasteiger partial charge in [0.15, 0.2) is 9.66 Å². The highest BCUT2D eigenvalue weighted by Crippen LogP contribution is 2.42. The Morgan fingerprint density at radius 1 is 0.467 bits per heavy atom. The average Bonchev–Trinajstić information content (AvgIpc) is 3.57. The number of fused-ring (bicyclic) bond motifs is 1. The van der Waals surface area contributed by atoms with E-state index in [0.29, 0.717) is 0 Å². The predicted molar refractivity (Wildman–Crippen MR) is 128 cm³/mol. The van der Waals surface area contributed by atoms with E-state index in [9.17, 15) is 0 Å². The molecule has 144 valence electrons. The molecule has 6 rings (SSSR count). The maximum Gasteiger partial charge on any atom is 0.155 e. The summed E-state index contributed by atoms with van der Waals surface area (Å²) in [4.78, 5) is 25.2. The van der Waals surface area contributed by atoms with Crippen LogP contribution in [0.15, 0.2) is 73.1 Å². The molecule has 0 N–H and O–H groups in total. The summed E-state index contributed by atoms with van der Waals surface area (Å²) in [7, 11) is 0. The molecule has 6 aromatic rings. The Balaban J connectivity index is 1.30. The third-order valence-corrected chi connectivity index (χ3v) is 9.03. The molecule has 0 aliphatic rings. The van der Waals surface area contributed by atoms with Gasteiger partial charge in [-0.25, -0.2) is 9.97 Å². The van der Waals surface area contributed by atoms with Crippen LogP contribution < -0.4 is 0 Å². The Hall–Kier alpha value is -2.78. The van der Waals surface area contributed by atoms with E-state index < -0.39 is 0 Å². The fourth-order valence-electron chi connectivity index (χ4n) is 3.05. The van der Waals surface area contributed by atoms with Gasteiger partial charge in [-0.3, -0.25) is 9.97 Å². The molecular weight excluding hydrogens is 449 g/mol. The molecule has 30 heavy (non-hydrogen) atoms. The van der Waals surface area contributed by atoms with Crippen molar-refractivity contribution in [2.24, 2.45) is 0 Å². The van der Waals surface area contributed by atoms with Crippen molar-refractivity contribution in [1.82, 2.24) is 19.9 Å². The van der Waals surface area contributed by atoms with Gasteiger partial charge in [0, 0.05) is 12.4 Å². The monoisotopic (exact) mass is 460 g/mol. The second-order valence-electron chi connectivity index (χ2n) is 6.41. The molecule has 0 radical (unpaired) electrons. The van der Waals surface area contributed by atoms with Crippen molar-refractivity contribution in [1.29, 1.82) is 0 Å². The van der Waals surface area contributed by atoms with Gasteiger partial charge >= 0.3 is 0 Å². The van der Waals surface area contributed by atoms with Gasteiger partial charge < -0.3 is 0 Å². The van der Waals surface area contributed by atoms with Crippen molar-refractivity contribution in [2.45, 2.75) is 0 Å². The molecule has 6 aromatic heterocycles. The summed E-state index contributed by atoms with van der Waals surface area (Å²) in [6.45, 7) is 0. The van der Waals surface area contributed by atoms with Crippen LogP contribution in [0.1, 0.15) is 0 Å². The van der Waals surface area contributed by atoms with Gasteiger partial charge in [0.2, 0.25) is 0 Å².